The Bertz CT molecular complexity index is 906. The molecule has 0 spiro atoms. The van der Waals surface area contributed by atoms with Crippen molar-refractivity contribution in [2.24, 2.45) is 5.92 Å². The van der Waals surface area contributed by atoms with Crippen LogP contribution in [0.5, 0.6) is 5.75 Å². The fourth-order valence-electron chi connectivity index (χ4n) is 4.27. The average molecular weight is 405 g/mol. The van der Waals surface area contributed by atoms with Gasteiger partial charge in [-0.1, -0.05) is 6.07 Å². The van der Waals surface area contributed by atoms with Gasteiger partial charge in [0.15, 0.2) is 0 Å². The molecule has 156 valence electrons. The summed E-state index contributed by atoms with van der Waals surface area (Å²) in [5, 5.41) is 0.819. The van der Waals surface area contributed by atoms with Crippen molar-refractivity contribution in [3.8, 4) is 5.75 Å². The number of aromatic nitrogens is 1. The summed E-state index contributed by atoms with van der Waals surface area (Å²) in [6.45, 7) is 1.35. The highest BCUT2D eigenvalue weighted by Crippen LogP contribution is 2.30. The summed E-state index contributed by atoms with van der Waals surface area (Å²) in [4.78, 5) is 27.8. The predicted octanol–water partition coefficient (Wildman–Crippen LogP) is 2.75. The van der Waals surface area contributed by atoms with Gasteiger partial charge in [-0.2, -0.15) is 0 Å². The first-order valence-electron chi connectivity index (χ1n) is 9.98. The van der Waals surface area contributed by atoms with Gasteiger partial charge >= 0.3 is 0 Å². The minimum atomic E-state index is -2.41. The lowest BCUT2D eigenvalue weighted by atomic mass is 10.0. The van der Waals surface area contributed by atoms with Crippen LogP contribution in [0, 0.1) is 5.92 Å². The normalized spacial score (nSPS) is 20.8. The van der Waals surface area contributed by atoms with E-state index in [0.717, 1.165) is 10.9 Å². The summed E-state index contributed by atoms with van der Waals surface area (Å²) >= 11 is 0. The number of halogens is 2. The van der Waals surface area contributed by atoms with Gasteiger partial charge in [-0.15, -0.1) is 0 Å². The topological polar surface area (TPSA) is 54.8 Å². The lowest BCUT2D eigenvalue weighted by molar-refractivity contribution is -0.137. The lowest BCUT2D eigenvalue weighted by Crippen LogP contribution is -2.44. The Kier molecular flexibility index (Phi) is 5.43. The molecule has 0 radical (unpaired) electrons. The highest BCUT2D eigenvalue weighted by Gasteiger charge is 2.36. The molecule has 1 aromatic carbocycles. The van der Waals surface area contributed by atoms with Crippen LogP contribution in [0.1, 0.15) is 19.3 Å². The molecule has 2 aliphatic heterocycles. The highest BCUT2D eigenvalue weighted by atomic mass is 19.3. The number of piperidine rings is 1. The van der Waals surface area contributed by atoms with E-state index in [-0.39, 0.29) is 30.4 Å². The minimum absolute atomic E-state index is 0.0217. The van der Waals surface area contributed by atoms with E-state index in [0.29, 0.717) is 44.6 Å². The molecule has 2 fully saturated rings. The van der Waals surface area contributed by atoms with Crippen molar-refractivity contribution in [3.63, 3.8) is 0 Å². The van der Waals surface area contributed by atoms with Crippen molar-refractivity contribution < 1.29 is 23.1 Å². The minimum Gasteiger partial charge on any atom is -0.490 e. The van der Waals surface area contributed by atoms with Gasteiger partial charge in [0.05, 0.1) is 18.0 Å². The number of amides is 2. The first kappa shape index (κ1) is 19.7. The van der Waals surface area contributed by atoms with Gasteiger partial charge in [-0.3, -0.25) is 9.59 Å². The van der Waals surface area contributed by atoms with Crippen LogP contribution in [-0.2, 0) is 16.1 Å². The number of hydrogen-bond donors (Lipinski definition) is 0. The van der Waals surface area contributed by atoms with E-state index in [1.807, 2.05) is 23.1 Å². The maximum Gasteiger partial charge on any atom is 0.256 e. The number of ether oxygens (including phenoxy) is 1. The SMILES string of the molecule is CN1CC(C(=O)N2CCC(Oc3cccc4c3ccn4CC(F)F)CC2)CC1=O. The van der Waals surface area contributed by atoms with E-state index in [2.05, 4.69) is 0 Å². The summed E-state index contributed by atoms with van der Waals surface area (Å²) in [6, 6.07) is 7.28. The second kappa shape index (κ2) is 8.00. The molecule has 1 aromatic heterocycles. The summed E-state index contributed by atoms with van der Waals surface area (Å²) in [7, 11) is 1.73. The number of alkyl halides is 2. The smallest absolute Gasteiger partial charge is 0.256 e. The highest BCUT2D eigenvalue weighted by molar-refractivity contribution is 5.89. The van der Waals surface area contributed by atoms with Gasteiger partial charge in [0.1, 0.15) is 11.9 Å². The predicted molar refractivity (Wildman–Crippen MR) is 104 cm³/mol. The Morgan fingerprint density at radius 3 is 2.66 bits per heavy atom. The molecule has 2 amide bonds. The third-order valence-corrected chi connectivity index (χ3v) is 5.85. The number of fused-ring (bicyclic) bond motifs is 1. The van der Waals surface area contributed by atoms with Crippen LogP contribution in [0.25, 0.3) is 10.9 Å². The Morgan fingerprint density at radius 1 is 1.24 bits per heavy atom. The second-order valence-corrected chi connectivity index (χ2v) is 7.87. The number of likely N-dealkylation sites (tertiary alicyclic amines) is 2. The van der Waals surface area contributed by atoms with Gasteiger partial charge in [-0.25, -0.2) is 8.78 Å². The first-order chi connectivity index (χ1) is 13.9. The number of nitrogens with zero attached hydrogens (tertiary/aromatic N) is 3. The van der Waals surface area contributed by atoms with Crippen LogP contribution in [-0.4, -0.2) is 65.4 Å². The third-order valence-electron chi connectivity index (χ3n) is 5.85. The Balaban J connectivity index is 1.37. The Morgan fingerprint density at radius 2 is 2.00 bits per heavy atom. The van der Waals surface area contributed by atoms with Crippen molar-refractivity contribution >= 4 is 22.7 Å². The molecule has 2 saturated heterocycles. The first-order valence-corrected chi connectivity index (χ1v) is 9.98. The summed E-state index contributed by atoms with van der Waals surface area (Å²) in [5.41, 5.74) is 0.727. The van der Waals surface area contributed by atoms with Crippen LogP contribution in [0.3, 0.4) is 0 Å². The monoisotopic (exact) mass is 405 g/mol. The number of carbonyl (C=O) groups excluding carboxylic acids is 2. The van der Waals surface area contributed by atoms with Crippen LogP contribution in [0.4, 0.5) is 8.78 Å². The Labute approximate surface area is 168 Å². The van der Waals surface area contributed by atoms with Gasteiger partial charge in [0.25, 0.3) is 6.43 Å². The molecule has 0 bridgehead atoms. The van der Waals surface area contributed by atoms with Crippen molar-refractivity contribution in [1.29, 1.82) is 0 Å². The zero-order chi connectivity index (χ0) is 20.5. The molecule has 2 aromatic rings. The van der Waals surface area contributed by atoms with E-state index in [1.165, 1.54) is 4.57 Å². The van der Waals surface area contributed by atoms with Gasteiger partial charge in [0.2, 0.25) is 11.8 Å². The zero-order valence-corrected chi connectivity index (χ0v) is 16.4. The fourth-order valence-corrected chi connectivity index (χ4v) is 4.27. The maximum atomic E-state index is 12.8. The quantitative estimate of drug-likeness (QED) is 0.769. The van der Waals surface area contributed by atoms with Crippen LogP contribution in [0.15, 0.2) is 30.5 Å². The molecule has 0 saturated carbocycles. The van der Waals surface area contributed by atoms with Crippen molar-refractivity contribution in [3.05, 3.63) is 30.5 Å². The van der Waals surface area contributed by atoms with Gasteiger partial charge < -0.3 is 19.1 Å². The number of carbonyl (C=O) groups is 2. The molecule has 2 aliphatic rings. The fraction of sp³-hybridized carbons (Fsp3) is 0.524. The molecular formula is C21H25F2N3O3. The molecule has 1 unspecified atom stereocenters. The maximum absolute atomic E-state index is 12.8. The zero-order valence-electron chi connectivity index (χ0n) is 16.4. The number of rotatable bonds is 5. The van der Waals surface area contributed by atoms with Crippen molar-refractivity contribution in [1.82, 2.24) is 14.4 Å². The summed E-state index contributed by atoms with van der Waals surface area (Å²) in [5.74, 6) is 0.511. The molecule has 6 nitrogen and oxygen atoms in total. The molecule has 8 heteroatoms. The molecule has 4 rings (SSSR count). The molecule has 1 atom stereocenters. The van der Waals surface area contributed by atoms with Crippen molar-refractivity contribution in [2.75, 3.05) is 26.7 Å². The van der Waals surface area contributed by atoms with E-state index in [9.17, 15) is 18.4 Å². The largest absolute Gasteiger partial charge is 0.490 e. The van der Waals surface area contributed by atoms with Crippen LogP contribution >= 0.6 is 0 Å². The van der Waals surface area contributed by atoms with Gasteiger partial charge in [-0.05, 0) is 18.2 Å². The molecule has 0 aliphatic carbocycles. The van der Waals surface area contributed by atoms with Crippen LogP contribution < -0.4 is 4.74 Å². The molecule has 0 N–H and O–H groups in total. The summed E-state index contributed by atoms with van der Waals surface area (Å²) in [6.07, 6.45) is 0.920. The summed E-state index contributed by atoms with van der Waals surface area (Å²) < 4.78 is 33.2. The van der Waals surface area contributed by atoms with Crippen molar-refractivity contribution in [2.45, 2.75) is 38.3 Å². The van der Waals surface area contributed by atoms with E-state index in [1.54, 1.807) is 24.2 Å². The molecule has 3 heterocycles. The van der Waals surface area contributed by atoms with Gasteiger partial charge in [0, 0.05) is 57.5 Å². The van der Waals surface area contributed by atoms with Crippen LogP contribution in [0.2, 0.25) is 0 Å². The lowest BCUT2D eigenvalue weighted by Gasteiger charge is -2.33. The third kappa shape index (κ3) is 4.06. The van der Waals surface area contributed by atoms with E-state index in [4.69, 9.17) is 4.74 Å². The Hall–Kier alpha value is -2.64. The number of hydrogen-bond acceptors (Lipinski definition) is 3. The second-order valence-electron chi connectivity index (χ2n) is 7.87. The molecular weight excluding hydrogens is 380 g/mol. The molecule has 29 heavy (non-hydrogen) atoms. The van der Waals surface area contributed by atoms with E-state index < -0.39 is 6.43 Å². The standard InChI is InChI=1S/C21H25F2N3O3/c1-24-12-14(11-20(24)27)21(28)25-8-5-15(6-9-25)29-18-4-2-3-17-16(18)7-10-26(17)13-19(22)23/h2-4,7,10,14-15,19H,5-6,8-9,11-13H2,1H3. The number of benzene rings is 1. The average Bonchev–Trinajstić information content (AvgIpc) is 3.25. The van der Waals surface area contributed by atoms with E-state index >= 15 is 0 Å².